The summed E-state index contributed by atoms with van der Waals surface area (Å²) in [5.74, 6) is -3.01. The number of urea groups is 1. The van der Waals surface area contributed by atoms with Gasteiger partial charge in [0.25, 0.3) is 5.91 Å². The van der Waals surface area contributed by atoms with Crippen LogP contribution in [0.15, 0.2) is 97.1 Å². The van der Waals surface area contributed by atoms with E-state index in [-0.39, 0.29) is 49.9 Å². The van der Waals surface area contributed by atoms with E-state index in [0.29, 0.717) is 27.8 Å². The molecule has 0 fully saturated rings. The van der Waals surface area contributed by atoms with E-state index in [1.54, 1.807) is 48.5 Å². The average Bonchev–Trinajstić information content (AvgIpc) is 3.05. The quantitative estimate of drug-likeness (QED) is 0.0922. The molecule has 0 aliphatic rings. The Hall–Kier alpha value is -5.37. The highest BCUT2D eigenvalue weighted by atomic mass is 19.4. The lowest BCUT2D eigenvalue weighted by molar-refractivity contribution is -0.189. The van der Waals surface area contributed by atoms with Gasteiger partial charge in [-0.15, -0.1) is 0 Å². The van der Waals surface area contributed by atoms with E-state index < -0.39 is 29.9 Å². The van der Waals surface area contributed by atoms with Crippen molar-refractivity contribution < 1.29 is 45.5 Å². The number of rotatable bonds is 11. The number of nitrogens with two attached hydrogens (primary N) is 1. The molecule has 0 bridgehead atoms. The molecule has 48 heavy (non-hydrogen) atoms. The molecule has 0 saturated heterocycles. The van der Waals surface area contributed by atoms with Crippen LogP contribution in [0.4, 0.5) is 36.8 Å². The summed E-state index contributed by atoms with van der Waals surface area (Å²) in [5, 5.41) is 5.24. The second-order valence-corrected chi connectivity index (χ2v) is 10.5. The summed E-state index contributed by atoms with van der Waals surface area (Å²) < 4.78 is 81.8. The van der Waals surface area contributed by atoms with Crippen LogP contribution in [0.25, 0.3) is 11.1 Å². The van der Waals surface area contributed by atoms with Gasteiger partial charge >= 0.3 is 24.4 Å². The summed E-state index contributed by atoms with van der Waals surface area (Å²) in [4.78, 5) is 38.7. The van der Waals surface area contributed by atoms with Crippen LogP contribution in [-0.4, -0.2) is 48.6 Å². The molecule has 0 aliphatic heterocycles. The van der Waals surface area contributed by atoms with Crippen LogP contribution in [-0.2, 0) is 23.9 Å². The van der Waals surface area contributed by atoms with Gasteiger partial charge in [-0.2, -0.15) is 26.3 Å². The van der Waals surface area contributed by atoms with Crippen molar-refractivity contribution >= 4 is 23.6 Å². The fourth-order valence-corrected chi connectivity index (χ4v) is 4.65. The smallest absolute Gasteiger partial charge is 0.420 e. The Morgan fingerprint density at radius 1 is 0.792 bits per heavy atom. The van der Waals surface area contributed by atoms with Gasteiger partial charge in [0, 0.05) is 37.4 Å². The van der Waals surface area contributed by atoms with Gasteiger partial charge in [-0.1, -0.05) is 54.6 Å². The predicted molar refractivity (Wildman–Crippen MR) is 166 cm³/mol. The first-order chi connectivity index (χ1) is 22.7. The Balaban J connectivity index is 1.57. The van der Waals surface area contributed by atoms with Crippen LogP contribution >= 0.6 is 0 Å². The predicted octanol–water partition coefficient (Wildman–Crippen LogP) is 6.81. The maximum atomic E-state index is 13.5. The summed E-state index contributed by atoms with van der Waals surface area (Å²) in [6, 6.07) is 22.6. The molecule has 4 rings (SSSR count). The number of benzene rings is 4. The molecular weight excluding hydrogens is 642 g/mol. The molecule has 0 spiro atoms. The number of halogens is 6. The van der Waals surface area contributed by atoms with Gasteiger partial charge in [0.2, 0.25) is 0 Å². The van der Waals surface area contributed by atoms with E-state index in [4.69, 9.17) is 5.73 Å². The molecule has 14 heteroatoms. The Kier molecular flexibility index (Phi) is 11.4. The van der Waals surface area contributed by atoms with Crippen molar-refractivity contribution in [3.05, 3.63) is 119 Å². The molecule has 4 N–H and O–H groups in total. The zero-order valence-electron chi connectivity index (χ0n) is 25.2. The summed E-state index contributed by atoms with van der Waals surface area (Å²) in [7, 11) is 0. The molecular formula is C34H30F6N4O4. The number of carbonyl (C=O) groups is 3. The number of hydrogen-bond acceptors (Lipinski definition) is 5. The van der Waals surface area contributed by atoms with Crippen molar-refractivity contribution in [1.82, 2.24) is 10.2 Å². The van der Waals surface area contributed by atoms with Gasteiger partial charge < -0.3 is 26.0 Å². The highest BCUT2D eigenvalue weighted by Crippen LogP contribution is 2.31. The van der Waals surface area contributed by atoms with Gasteiger partial charge in [0.05, 0.1) is 5.56 Å². The number of ether oxygens (including phenoxy) is 1. The zero-order valence-corrected chi connectivity index (χ0v) is 25.2. The Labute approximate surface area is 271 Å². The topological polar surface area (TPSA) is 114 Å². The minimum absolute atomic E-state index is 0.00144. The van der Waals surface area contributed by atoms with Crippen LogP contribution in [0.5, 0.6) is 5.75 Å². The first-order valence-corrected chi connectivity index (χ1v) is 14.5. The van der Waals surface area contributed by atoms with Gasteiger partial charge in [-0.05, 0) is 71.1 Å². The first kappa shape index (κ1) is 35.5. The second-order valence-electron chi connectivity index (χ2n) is 10.5. The van der Waals surface area contributed by atoms with Crippen molar-refractivity contribution in [3.63, 3.8) is 0 Å². The molecule has 0 heterocycles. The summed E-state index contributed by atoms with van der Waals surface area (Å²) in [5.41, 5.74) is 7.41. The molecule has 0 saturated carbocycles. The normalized spacial score (nSPS) is 11.5. The highest BCUT2D eigenvalue weighted by Gasteiger charge is 2.41. The van der Waals surface area contributed by atoms with Crippen molar-refractivity contribution in [2.75, 3.05) is 25.0 Å². The summed E-state index contributed by atoms with van der Waals surface area (Å²) >= 11 is 0. The molecule has 8 nitrogen and oxygen atoms in total. The molecule has 252 valence electrons. The molecule has 0 aromatic heterocycles. The zero-order chi connectivity index (χ0) is 34.9. The van der Waals surface area contributed by atoms with Crippen LogP contribution in [0, 0.1) is 0 Å². The third kappa shape index (κ3) is 9.82. The maximum Gasteiger partial charge on any atom is 0.491 e. The minimum atomic E-state index is -5.16. The largest absolute Gasteiger partial charge is 0.491 e. The van der Waals surface area contributed by atoms with E-state index in [1.165, 1.54) is 41.3 Å². The number of alkyl halides is 6. The molecule has 3 amide bonds. The van der Waals surface area contributed by atoms with Gasteiger partial charge in [-0.25, -0.2) is 9.59 Å². The van der Waals surface area contributed by atoms with Gasteiger partial charge in [-0.3, -0.25) is 4.79 Å². The second kappa shape index (κ2) is 15.5. The lowest BCUT2D eigenvalue weighted by Crippen LogP contribution is -2.36. The number of esters is 1. The van der Waals surface area contributed by atoms with Crippen molar-refractivity contribution in [1.29, 1.82) is 0 Å². The molecule has 4 aromatic rings. The van der Waals surface area contributed by atoms with E-state index in [0.717, 1.165) is 12.1 Å². The number of nitrogens with zero attached hydrogens (tertiary/aromatic N) is 1. The Bertz CT molecular complexity index is 1740. The van der Waals surface area contributed by atoms with E-state index in [9.17, 15) is 40.7 Å². The van der Waals surface area contributed by atoms with Crippen molar-refractivity contribution in [3.8, 4) is 16.9 Å². The average molecular weight is 673 g/mol. The van der Waals surface area contributed by atoms with Gasteiger partial charge in [0.15, 0.2) is 0 Å². The maximum absolute atomic E-state index is 13.5. The lowest BCUT2D eigenvalue weighted by atomic mass is 9.97. The van der Waals surface area contributed by atoms with E-state index >= 15 is 0 Å². The summed E-state index contributed by atoms with van der Waals surface area (Å²) in [6.07, 6.45) is -9.60. The Morgan fingerprint density at radius 3 is 2.19 bits per heavy atom. The van der Waals surface area contributed by atoms with E-state index in [2.05, 4.69) is 15.4 Å². The molecule has 0 aliphatic carbocycles. The first-order valence-electron chi connectivity index (χ1n) is 14.5. The van der Waals surface area contributed by atoms with Gasteiger partial charge in [0.1, 0.15) is 5.75 Å². The third-order valence-electron chi connectivity index (χ3n) is 6.98. The van der Waals surface area contributed by atoms with Crippen LogP contribution in [0.2, 0.25) is 0 Å². The number of nitrogens with one attached hydrogen (secondary N) is 2. The Morgan fingerprint density at radius 2 is 1.50 bits per heavy atom. The number of hydrogen-bond donors (Lipinski definition) is 3. The van der Waals surface area contributed by atoms with Crippen LogP contribution < -0.4 is 21.1 Å². The number of anilines is 1. The molecule has 4 aromatic carbocycles. The van der Waals surface area contributed by atoms with Crippen LogP contribution in [0.1, 0.15) is 27.0 Å². The lowest BCUT2D eigenvalue weighted by Gasteiger charge is -2.24. The molecule has 0 radical (unpaired) electrons. The van der Waals surface area contributed by atoms with E-state index in [1.807, 2.05) is 0 Å². The highest BCUT2D eigenvalue weighted by molar-refractivity contribution is 6.01. The molecule has 0 atom stereocenters. The monoisotopic (exact) mass is 672 g/mol. The minimum Gasteiger partial charge on any atom is -0.420 e. The molecule has 0 unspecified atom stereocenters. The van der Waals surface area contributed by atoms with Crippen LogP contribution in [0.3, 0.4) is 0 Å². The van der Waals surface area contributed by atoms with Crippen molar-refractivity contribution in [2.45, 2.75) is 25.3 Å². The SMILES string of the molecule is NCCNC(=O)c1ccccc1-c1cccc(CN(CCc2ccc(OC(=O)C(F)(F)F)cc2)C(=O)Nc2cccc(C(F)(F)F)c2)c1. The third-order valence-corrected chi connectivity index (χ3v) is 6.98. The van der Waals surface area contributed by atoms with Crippen molar-refractivity contribution in [2.24, 2.45) is 5.73 Å². The fourth-order valence-electron chi connectivity index (χ4n) is 4.65. The number of carbonyl (C=O) groups excluding carboxylic acids is 3. The standard InChI is InChI=1S/C34H30F6N4O4/c35-33(36,37)25-7-4-8-26(20-25)43-32(47)44(18-15-22-11-13-27(14-12-22)48-31(46)34(38,39)40)21-23-5-3-6-24(19-23)28-9-1-2-10-29(28)30(45)42-17-16-41/h1-14,19-20H,15-18,21,41H2,(H,42,45)(H,43,47). The number of amides is 3. The fraction of sp³-hybridized carbons (Fsp3) is 0.206. The summed E-state index contributed by atoms with van der Waals surface area (Å²) in [6.45, 7) is 0.582.